The summed E-state index contributed by atoms with van der Waals surface area (Å²) in [7, 11) is 0. The van der Waals surface area contributed by atoms with Crippen molar-refractivity contribution < 1.29 is 0 Å². The number of benzene rings is 5. The van der Waals surface area contributed by atoms with Crippen molar-refractivity contribution >= 4 is 37.9 Å². The van der Waals surface area contributed by atoms with Crippen molar-refractivity contribution in [1.82, 2.24) is 0 Å². The van der Waals surface area contributed by atoms with Crippen LogP contribution in [-0.2, 0) is 10.8 Å². The number of rotatable bonds is 2. The van der Waals surface area contributed by atoms with Crippen molar-refractivity contribution in [2.75, 3.05) is 0 Å². The third kappa shape index (κ3) is 3.02. The van der Waals surface area contributed by atoms with Gasteiger partial charge in [0.2, 0.25) is 0 Å². The van der Waals surface area contributed by atoms with Gasteiger partial charge in [-0.25, -0.2) is 0 Å². The molecule has 41 heavy (non-hydrogen) atoms. The lowest BCUT2D eigenvalue weighted by atomic mass is 9.74. The molecule has 0 amide bonds. The van der Waals surface area contributed by atoms with Crippen LogP contribution in [-0.4, -0.2) is 0 Å². The molecule has 0 radical (unpaired) electrons. The monoisotopic (exact) mass is 534 g/mol. The molecule has 0 spiro atoms. The summed E-state index contributed by atoms with van der Waals surface area (Å²) in [5, 5.41) is 8.84. The van der Waals surface area contributed by atoms with Gasteiger partial charge in [-0.3, -0.25) is 0 Å². The molecule has 5 aromatic rings. The molecule has 206 valence electrons. The summed E-state index contributed by atoms with van der Waals surface area (Å²) in [5.74, 6) is 1.48. The van der Waals surface area contributed by atoms with Crippen LogP contribution in [0.4, 0.5) is 0 Å². The molecular weight excluding hydrogens is 492 g/mol. The second-order valence-electron chi connectivity index (χ2n) is 15.0. The Morgan fingerprint density at radius 2 is 1.22 bits per heavy atom. The molecule has 3 aliphatic carbocycles. The highest BCUT2D eigenvalue weighted by molar-refractivity contribution is 6.30. The van der Waals surface area contributed by atoms with Crippen molar-refractivity contribution in [2.45, 2.75) is 91.4 Å². The van der Waals surface area contributed by atoms with E-state index in [1.54, 1.807) is 5.57 Å². The molecule has 0 aliphatic heterocycles. The fraction of sp³-hybridized carbons (Fsp3) is 0.366. The van der Waals surface area contributed by atoms with Gasteiger partial charge < -0.3 is 0 Å². The van der Waals surface area contributed by atoms with Gasteiger partial charge in [-0.15, -0.1) is 0 Å². The predicted molar refractivity (Wildman–Crippen MR) is 179 cm³/mol. The van der Waals surface area contributed by atoms with Crippen molar-refractivity contribution in [3.05, 3.63) is 99.6 Å². The first-order valence-corrected chi connectivity index (χ1v) is 15.8. The second-order valence-corrected chi connectivity index (χ2v) is 15.0. The highest BCUT2D eigenvalue weighted by Crippen LogP contribution is 2.58. The zero-order valence-electron chi connectivity index (χ0n) is 26.2. The standard InChI is InChI=1S/C41H42/c1-21(2)26-17-30-36-24-12-10-11-13-32(24)40(6,7)34(36)19-28-27(22(3)4)18-31-37-25-15-14-23(5)16-33(25)41(8,9)35(37)20-29(26)39(31)38(28)30/h10-15,17-23H,16H2,1-9H3. The van der Waals surface area contributed by atoms with E-state index in [1.807, 2.05) is 0 Å². The zero-order valence-corrected chi connectivity index (χ0v) is 26.2. The van der Waals surface area contributed by atoms with E-state index in [2.05, 4.69) is 123 Å². The lowest BCUT2D eigenvalue weighted by molar-refractivity contribution is 0.566. The summed E-state index contributed by atoms with van der Waals surface area (Å²) in [6.07, 6.45) is 6.06. The number of allylic oxidation sites excluding steroid dienone is 4. The van der Waals surface area contributed by atoms with Crippen LogP contribution >= 0.6 is 0 Å². The SMILES string of the molecule is CC1C=CC2=C(C1)C(C)(C)c1cc3c(C(C)C)cc4c5c(cc6c(C(C)C)cc(c12)c3c64)C(C)(C)c1ccccc1-5. The Morgan fingerprint density at radius 3 is 1.83 bits per heavy atom. The van der Waals surface area contributed by atoms with E-state index in [-0.39, 0.29) is 10.8 Å². The van der Waals surface area contributed by atoms with Crippen LogP contribution in [0.25, 0.3) is 49.0 Å². The maximum Gasteiger partial charge on any atom is 0.0159 e. The van der Waals surface area contributed by atoms with E-state index in [9.17, 15) is 0 Å². The minimum absolute atomic E-state index is 0.0167. The zero-order chi connectivity index (χ0) is 28.7. The van der Waals surface area contributed by atoms with Crippen molar-refractivity contribution in [2.24, 2.45) is 5.92 Å². The quantitative estimate of drug-likeness (QED) is 0.198. The third-order valence-corrected chi connectivity index (χ3v) is 11.1. The van der Waals surface area contributed by atoms with Crippen LogP contribution < -0.4 is 0 Å². The normalized spacial score (nSPS) is 20.1. The van der Waals surface area contributed by atoms with Gasteiger partial charge in [-0.1, -0.05) is 104 Å². The van der Waals surface area contributed by atoms with Gasteiger partial charge in [0.05, 0.1) is 0 Å². The Hall–Kier alpha value is -3.38. The van der Waals surface area contributed by atoms with Crippen molar-refractivity contribution in [1.29, 1.82) is 0 Å². The van der Waals surface area contributed by atoms with E-state index < -0.39 is 0 Å². The van der Waals surface area contributed by atoms with Gasteiger partial charge in [-0.05, 0) is 131 Å². The van der Waals surface area contributed by atoms with Gasteiger partial charge in [0, 0.05) is 10.8 Å². The summed E-state index contributed by atoms with van der Waals surface area (Å²) < 4.78 is 0. The lowest BCUT2D eigenvalue weighted by Crippen LogP contribution is -2.19. The Bertz CT molecular complexity index is 2020. The molecule has 5 aromatic carbocycles. The Kier molecular flexibility index (Phi) is 4.89. The van der Waals surface area contributed by atoms with E-state index in [4.69, 9.17) is 0 Å². The van der Waals surface area contributed by atoms with Crippen LogP contribution in [0, 0.1) is 5.92 Å². The number of hydrogen-bond donors (Lipinski definition) is 0. The molecule has 0 saturated heterocycles. The third-order valence-electron chi connectivity index (χ3n) is 11.1. The fourth-order valence-corrected chi connectivity index (χ4v) is 8.92. The average Bonchev–Trinajstić information content (AvgIpc) is 3.29. The molecule has 0 nitrogen and oxygen atoms in total. The predicted octanol–water partition coefficient (Wildman–Crippen LogP) is 11.8. The average molecular weight is 535 g/mol. The summed E-state index contributed by atoms with van der Waals surface area (Å²) in [6.45, 7) is 21.7. The smallest absolute Gasteiger partial charge is 0.0159 e. The van der Waals surface area contributed by atoms with Gasteiger partial charge in [0.1, 0.15) is 0 Å². The molecule has 1 unspecified atom stereocenters. The fourth-order valence-electron chi connectivity index (χ4n) is 8.92. The Morgan fingerprint density at radius 1 is 0.659 bits per heavy atom. The molecule has 0 N–H and O–H groups in total. The van der Waals surface area contributed by atoms with Crippen LogP contribution in [0.5, 0.6) is 0 Å². The van der Waals surface area contributed by atoms with Gasteiger partial charge in [0.15, 0.2) is 0 Å². The highest BCUT2D eigenvalue weighted by Gasteiger charge is 2.42. The molecule has 8 rings (SSSR count). The molecule has 0 heteroatoms. The van der Waals surface area contributed by atoms with Gasteiger partial charge in [-0.2, -0.15) is 0 Å². The Labute approximate surface area is 245 Å². The lowest BCUT2D eigenvalue weighted by Gasteiger charge is -2.29. The minimum atomic E-state index is -0.0167. The number of hydrogen-bond acceptors (Lipinski definition) is 0. The van der Waals surface area contributed by atoms with Crippen LogP contribution in [0.1, 0.15) is 114 Å². The summed E-state index contributed by atoms with van der Waals surface area (Å²) >= 11 is 0. The van der Waals surface area contributed by atoms with Crippen LogP contribution in [0.15, 0.2) is 66.3 Å². The topological polar surface area (TPSA) is 0 Å². The molecule has 1 atom stereocenters. The molecule has 0 fully saturated rings. The van der Waals surface area contributed by atoms with Crippen LogP contribution in [0.2, 0.25) is 0 Å². The molecule has 3 aliphatic rings. The largest absolute Gasteiger partial charge is 0.0808 e. The maximum atomic E-state index is 2.61. The first-order valence-electron chi connectivity index (χ1n) is 15.8. The second kappa shape index (κ2) is 7.91. The summed E-state index contributed by atoms with van der Waals surface area (Å²) in [5.41, 5.74) is 15.0. The van der Waals surface area contributed by atoms with Gasteiger partial charge in [0.25, 0.3) is 0 Å². The molecular formula is C41H42. The first-order chi connectivity index (χ1) is 19.4. The van der Waals surface area contributed by atoms with Crippen molar-refractivity contribution in [3.63, 3.8) is 0 Å². The first kappa shape index (κ1) is 25.3. The highest BCUT2D eigenvalue weighted by atomic mass is 14.4. The molecule has 0 bridgehead atoms. The van der Waals surface area contributed by atoms with Crippen molar-refractivity contribution in [3.8, 4) is 11.1 Å². The molecule has 0 saturated carbocycles. The van der Waals surface area contributed by atoms with Crippen LogP contribution in [0.3, 0.4) is 0 Å². The van der Waals surface area contributed by atoms with E-state index in [0.717, 1.165) is 6.42 Å². The Balaban J connectivity index is 1.64. The number of fused-ring (bicyclic) bond motifs is 7. The van der Waals surface area contributed by atoms with E-state index in [1.165, 1.54) is 82.4 Å². The van der Waals surface area contributed by atoms with E-state index >= 15 is 0 Å². The summed E-state index contributed by atoms with van der Waals surface area (Å²) in [6, 6.07) is 19.6. The minimum Gasteiger partial charge on any atom is -0.0808 e. The molecule has 0 aromatic heterocycles. The van der Waals surface area contributed by atoms with Gasteiger partial charge >= 0.3 is 0 Å². The summed E-state index contributed by atoms with van der Waals surface area (Å²) in [4.78, 5) is 0. The van der Waals surface area contributed by atoms with E-state index in [0.29, 0.717) is 17.8 Å². The molecule has 0 heterocycles. The maximum absolute atomic E-state index is 2.61.